The first-order valence-corrected chi connectivity index (χ1v) is 7.91. The number of aliphatic hydroxyl groups excluding tert-OH is 2. The highest BCUT2D eigenvalue weighted by Crippen LogP contribution is 2.27. The number of fused-ring (bicyclic) bond motifs is 1. The van der Waals surface area contributed by atoms with Crippen LogP contribution in [0.2, 0.25) is 0 Å². The van der Waals surface area contributed by atoms with E-state index in [4.69, 9.17) is 4.74 Å². The van der Waals surface area contributed by atoms with Gasteiger partial charge >= 0.3 is 0 Å². The van der Waals surface area contributed by atoms with Gasteiger partial charge in [-0.15, -0.1) is 0 Å². The summed E-state index contributed by atoms with van der Waals surface area (Å²) in [4.78, 5) is 15.1. The number of hydrogen-bond acceptors (Lipinski definition) is 7. The molecule has 2 N–H and O–H groups in total. The third kappa shape index (κ3) is 2.89. The number of anilines is 1. The van der Waals surface area contributed by atoms with Gasteiger partial charge in [-0.25, -0.2) is 15.0 Å². The molecule has 1 fully saturated rings. The number of ether oxygens (including phenoxy) is 1. The normalized spacial score (nSPS) is 19.6. The third-order valence-corrected chi connectivity index (χ3v) is 4.60. The van der Waals surface area contributed by atoms with E-state index < -0.39 is 6.04 Å². The van der Waals surface area contributed by atoms with Crippen molar-refractivity contribution in [3.05, 3.63) is 12.7 Å². The van der Waals surface area contributed by atoms with E-state index in [1.165, 1.54) is 6.33 Å². The summed E-state index contributed by atoms with van der Waals surface area (Å²) in [6.45, 7) is 2.57. The van der Waals surface area contributed by atoms with Crippen LogP contribution in [0.25, 0.3) is 11.2 Å². The van der Waals surface area contributed by atoms with Crippen molar-refractivity contribution in [2.45, 2.75) is 38.0 Å². The second kappa shape index (κ2) is 6.77. The van der Waals surface area contributed by atoms with Crippen molar-refractivity contribution in [2.75, 3.05) is 31.8 Å². The summed E-state index contributed by atoms with van der Waals surface area (Å²) >= 11 is 0. The van der Waals surface area contributed by atoms with Crippen LogP contribution in [0.15, 0.2) is 12.7 Å². The summed E-state index contributed by atoms with van der Waals surface area (Å²) in [6.07, 6.45) is 5.40. The Bertz CT molecular complexity index is 652. The summed E-state index contributed by atoms with van der Waals surface area (Å²) in [5.41, 5.74) is 1.27. The first-order valence-electron chi connectivity index (χ1n) is 7.91. The lowest BCUT2D eigenvalue weighted by molar-refractivity contribution is 0.0932. The third-order valence-electron chi connectivity index (χ3n) is 4.60. The minimum Gasteiger partial charge on any atom is -0.394 e. The van der Waals surface area contributed by atoms with E-state index in [0.29, 0.717) is 11.2 Å². The molecule has 2 aromatic heterocycles. The number of rotatable bonds is 6. The van der Waals surface area contributed by atoms with Crippen LogP contribution in [0.5, 0.6) is 0 Å². The molecule has 0 aromatic carbocycles. The van der Waals surface area contributed by atoms with Gasteiger partial charge in [0.05, 0.1) is 37.7 Å². The Hall–Kier alpha value is -1.77. The lowest BCUT2D eigenvalue weighted by atomic mass is 10.1. The largest absolute Gasteiger partial charge is 0.394 e. The van der Waals surface area contributed by atoms with Crippen LogP contribution >= 0.6 is 0 Å². The minimum absolute atomic E-state index is 0.173. The molecule has 0 bridgehead atoms. The molecule has 1 saturated heterocycles. The maximum Gasteiger partial charge on any atom is 0.165 e. The smallest absolute Gasteiger partial charge is 0.165 e. The number of aromatic nitrogens is 4. The van der Waals surface area contributed by atoms with E-state index in [9.17, 15) is 10.2 Å². The summed E-state index contributed by atoms with van der Waals surface area (Å²) in [5, 5.41) is 18.8. The molecule has 0 amide bonds. The summed E-state index contributed by atoms with van der Waals surface area (Å²) in [7, 11) is 1.97. The zero-order chi connectivity index (χ0) is 16.4. The Morgan fingerprint density at radius 1 is 1.35 bits per heavy atom. The van der Waals surface area contributed by atoms with Gasteiger partial charge in [0.1, 0.15) is 6.33 Å². The van der Waals surface area contributed by atoms with Crippen LogP contribution in [-0.2, 0) is 4.74 Å². The predicted molar refractivity (Wildman–Crippen MR) is 85.4 cm³/mol. The van der Waals surface area contributed by atoms with E-state index in [0.717, 1.165) is 25.3 Å². The van der Waals surface area contributed by atoms with Gasteiger partial charge in [-0.05, 0) is 19.8 Å². The number of hydrogen-bond donors (Lipinski definition) is 2. The molecule has 0 spiro atoms. The van der Waals surface area contributed by atoms with Gasteiger partial charge < -0.3 is 24.4 Å². The van der Waals surface area contributed by atoms with Crippen molar-refractivity contribution in [3.63, 3.8) is 0 Å². The average Bonchev–Trinajstić information content (AvgIpc) is 3.24. The molecule has 23 heavy (non-hydrogen) atoms. The van der Waals surface area contributed by atoms with Crippen LogP contribution < -0.4 is 4.90 Å². The van der Waals surface area contributed by atoms with Crippen molar-refractivity contribution in [1.82, 2.24) is 19.5 Å². The van der Waals surface area contributed by atoms with Crippen LogP contribution in [0.4, 0.5) is 5.82 Å². The summed E-state index contributed by atoms with van der Waals surface area (Å²) < 4.78 is 7.46. The number of nitrogens with zero attached hydrogens (tertiary/aromatic N) is 5. The first kappa shape index (κ1) is 16.1. The van der Waals surface area contributed by atoms with Crippen LogP contribution in [0.3, 0.4) is 0 Å². The molecule has 2 aromatic rings. The molecule has 8 nitrogen and oxygen atoms in total. The van der Waals surface area contributed by atoms with Crippen molar-refractivity contribution in [3.8, 4) is 0 Å². The van der Waals surface area contributed by atoms with Gasteiger partial charge in [-0.1, -0.05) is 0 Å². The molecule has 1 aliphatic heterocycles. The fourth-order valence-corrected chi connectivity index (χ4v) is 3.02. The zero-order valence-corrected chi connectivity index (χ0v) is 13.5. The fraction of sp³-hybridized carbons (Fsp3) is 0.667. The average molecular weight is 321 g/mol. The molecule has 0 radical (unpaired) electrons. The highest BCUT2D eigenvalue weighted by Gasteiger charge is 2.28. The number of likely N-dealkylation sites (N-methyl/N-ethyl adjacent to an activating group) is 1. The lowest BCUT2D eigenvalue weighted by Gasteiger charge is -2.30. The molecule has 1 aliphatic rings. The topological polar surface area (TPSA) is 96.5 Å². The van der Waals surface area contributed by atoms with Gasteiger partial charge in [-0.2, -0.15) is 0 Å². The Balaban J connectivity index is 1.95. The molecule has 126 valence electrons. The second-order valence-corrected chi connectivity index (χ2v) is 5.94. The maximum atomic E-state index is 9.39. The fourth-order valence-electron chi connectivity index (χ4n) is 3.02. The number of imidazole rings is 1. The quantitative estimate of drug-likeness (QED) is 0.792. The van der Waals surface area contributed by atoms with Gasteiger partial charge in [0.25, 0.3) is 0 Å². The van der Waals surface area contributed by atoms with Gasteiger partial charge in [0.2, 0.25) is 0 Å². The molecule has 2 atom stereocenters. The lowest BCUT2D eigenvalue weighted by Crippen LogP contribution is -2.39. The molecule has 0 aliphatic carbocycles. The maximum absolute atomic E-state index is 9.39. The molecule has 8 heteroatoms. The standard InChI is InChI=1S/C15H23N5O3/c1-10(12-4-3-5-23-12)19(2)14-13-15(17-8-16-14)20(9-18-13)11(6-21)7-22/h8-12,21-22H,3-7H2,1-2H3. The summed E-state index contributed by atoms with van der Waals surface area (Å²) in [6, 6.07) is -0.282. The molecule has 0 saturated carbocycles. The number of aliphatic hydroxyl groups is 2. The van der Waals surface area contributed by atoms with Crippen molar-refractivity contribution >= 4 is 17.0 Å². The van der Waals surface area contributed by atoms with E-state index >= 15 is 0 Å². The SMILES string of the molecule is CC(C1CCCO1)N(C)c1ncnc2c1ncn2C(CO)CO. The van der Waals surface area contributed by atoms with Crippen molar-refractivity contribution in [1.29, 1.82) is 0 Å². The van der Waals surface area contributed by atoms with E-state index in [1.807, 2.05) is 7.05 Å². The Labute approximate surface area is 134 Å². The monoisotopic (exact) mass is 321 g/mol. The van der Waals surface area contributed by atoms with Crippen LogP contribution in [0, 0.1) is 0 Å². The Morgan fingerprint density at radius 2 is 2.13 bits per heavy atom. The van der Waals surface area contributed by atoms with Gasteiger partial charge in [0.15, 0.2) is 17.0 Å². The minimum atomic E-state index is -0.455. The van der Waals surface area contributed by atoms with E-state index in [1.54, 1.807) is 10.9 Å². The van der Waals surface area contributed by atoms with Gasteiger partial charge in [0, 0.05) is 13.7 Å². The van der Waals surface area contributed by atoms with Crippen molar-refractivity contribution < 1.29 is 14.9 Å². The zero-order valence-electron chi connectivity index (χ0n) is 13.5. The molecular weight excluding hydrogens is 298 g/mol. The van der Waals surface area contributed by atoms with Crippen molar-refractivity contribution in [2.24, 2.45) is 0 Å². The highest BCUT2D eigenvalue weighted by molar-refractivity contribution is 5.83. The first-order chi connectivity index (χ1) is 11.2. The predicted octanol–water partition coefficient (Wildman–Crippen LogP) is 0.356. The molecular formula is C15H23N5O3. The van der Waals surface area contributed by atoms with Crippen LogP contribution in [0.1, 0.15) is 25.8 Å². The van der Waals surface area contributed by atoms with Gasteiger partial charge in [-0.3, -0.25) is 0 Å². The highest BCUT2D eigenvalue weighted by atomic mass is 16.5. The molecule has 3 heterocycles. The van der Waals surface area contributed by atoms with E-state index in [2.05, 4.69) is 26.8 Å². The van der Waals surface area contributed by atoms with Crippen LogP contribution in [-0.4, -0.2) is 68.7 Å². The second-order valence-electron chi connectivity index (χ2n) is 5.94. The molecule has 3 rings (SSSR count). The molecule has 2 unspecified atom stereocenters. The summed E-state index contributed by atoms with van der Waals surface area (Å²) in [5.74, 6) is 0.728. The Kier molecular flexibility index (Phi) is 4.74. The van der Waals surface area contributed by atoms with E-state index in [-0.39, 0.29) is 25.4 Å². The Morgan fingerprint density at radius 3 is 2.78 bits per heavy atom.